The number of nitrogens with one attached hydrogen (secondary N) is 3. The summed E-state index contributed by atoms with van der Waals surface area (Å²) in [5.41, 5.74) is 5.76. The van der Waals surface area contributed by atoms with E-state index in [4.69, 9.17) is 27.9 Å². The number of phenolic OH excluding ortho intramolecular Hbond substituents is 1. The zero-order chi connectivity index (χ0) is 21.6. The van der Waals surface area contributed by atoms with E-state index in [1.165, 1.54) is 12.1 Å². The third kappa shape index (κ3) is 8.09. The molecule has 0 radical (unpaired) electrons. The molecule has 7 nitrogen and oxygen atoms in total. The van der Waals surface area contributed by atoms with Crippen LogP contribution in [-0.2, 0) is 16.0 Å². The Morgan fingerprint density at radius 1 is 1.07 bits per heavy atom. The maximum absolute atomic E-state index is 12.7. The minimum atomic E-state index is -0.934. The molecule has 0 aromatic heterocycles. The largest absolute Gasteiger partial charge is 0.508 e. The smallest absolute Gasteiger partial charge is 0.408 e. The van der Waals surface area contributed by atoms with Gasteiger partial charge < -0.3 is 15.2 Å². The van der Waals surface area contributed by atoms with Crippen LogP contribution in [0.3, 0.4) is 0 Å². The summed E-state index contributed by atoms with van der Waals surface area (Å²) < 4.78 is 5.24. The van der Waals surface area contributed by atoms with Crippen molar-refractivity contribution in [2.45, 2.75) is 38.8 Å². The molecule has 0 aliphatic heterocycles. The Bertz CT molecular complexity index is 847. The molecular formula is C20H23Cl2N3O4. The monoisotopic (exact) mass is 439 g/mol. The summed E-state index contributed by atoms with van der Waals surface area (Å²) in [6.07, 6.45) is -0.536. The first-order chi connectivity index (χ1) is 13.5. The molecule has 0 aliphatic carbocycles. The first kappa shape index (κ1) is 22.6. The second-order valence-electron chi connectivity index (χ2n) is 7.34. The Kier molecular flexibility index (Phi) is 7.59. The van der Waals surface area contributed by atoms with Crippen LogP contribution < -0.4 is 16.2 Å². The van der Waals surface area contributed by atoms with Crippen molar-refractivity contribution in [2.75, 3.05) is 5.43 Å². The second kappa shape index (κ2) is 9.71. The molecule has 0 fully saturated rings. The van der Waals surface area contributed by atoms with Gasteiger partial charge in [0.1, 0.15) is 17.4 Å². The predicted molar refractivity (Wildman–Crippen MR) is 113 cm³/mol. The van der Waals surface area contributed by atoms with Gasteiger partial charge in [0.05, 0.1) is 5.69 Å². The summed E-state index contributed by atoms with van der Waals surface area (Å²) in [7, 11) is 0. The molecule has 0 heterocycles. The Morgan fingerprint density at radius 3 is 2.21 bits per heavy atom. The molecule has 1 unspecified atom stereocenters. The third-order valence-corrected chi connectivity index (χ3v) is 4.01. The first-order valence-electron chi connectivity index (χ1n) is 8.81. The number of rotatable bonds is 6. The van der Waals surface area contributed by atoms with Gasteiger partial charge in [-0.2, -0.15) is 0 Å². The number of aromatic hydroxyl groups is 1. The number of anilines is 1. The molecule has 0 aliphatic rings. The van der Waals surface area contributed by atoms with E-state index in [1.54, 1.807) is 51.1 Å². The van der Waals surface area contributed by atoms with Gasteiger partial charge in [-0.05, 0) is 56.7 Å². The third-order valence-electron chi connectivity index (χ3n) is 3.58. The fourth-order valence-corrected chi connectivity index (χ4v) is 2.90. The summed E-state index contributed by atoms with van der Waals surface area (Å²) in [5.74, 6) is -0.394. The Balaban J connectivity index is 2.10. The van der Waals surface area contributed by atoms with Crippen LogP contribution in [0.25, 0.3) is 0 Å². The SMILES string of the molecule is CC(C)(C)OC(=O)NC(Cc1ccc(O)cc1)C(=O)NNc1cc(Cl)cc(Cl)c1. The van der Waals surface area contributed by atoms with Crippen LogP contribution in [0.2, 0.25) is 10.0 Å². The lowest BCUT2D eigenvalue weighted by atomic mass is 10.1. The van der Waals surface area contributed by atoms with Crippen LogP contribution in [0, 0.1) is 0 Å². The highest BCUT2D eigenvalue weighted by Gasteiger charge is 2.25. The number of hydrazine groups is 1. The van der Waals surface area contributed by atoms with Crippen LogP contribution in [0.4, 0.5) is 10.5 Å². The van der Waals surface area contributed by atoms with Crippen LogP contribution >= 0.6 is 23.2 Å². The van der Waals surface area contributed by atoms with Crippen LogP contribution in [-0.4, -0.2) is 28.7 Å². The molecule has 29 heavy (non-hydrogen) atoms. The topological polar surface area (TPSA) is 99.7 Å². The van der Waals surface area contributed by atoms with Gasteiger partial charge >= 0.3 is 6.09 Å². The number of carbonyl (C=O) groups excluding carboxylic acids is 2. The van der Waals surface area contributed by atoms with Crippen molar-refractivity contribution < 1.29 is 19.4 Å². The molecule has 0 saturated heterocycles. The van der Waals surface area contributed by atoms with E-state index < -0.39 is 23.6 Å². The van der Waals surface area contributed by atoms with Crippen molar-refractivity contribution in [3.05, 3.63) is 58.1 Å². The summed E-state index contributed by atoms with van der Waals surface area (Å²) in [4.78, 5) is 24.9. The average molecular weight is 440 g/mol. The van der Waals surface area contributed by atoms with Crippen LogP contribution in [0.5, 0.6) is 5.75 Å². The quantitative estimate of drug-likeness (QED) is 0.503. The van der Waals surface area contributed by atoms with Crippen molar-refractivity contribution in [3.8, 4) is 5.75 Å². The van der Waals surface area contributed by atoms with Crippen LogP contribution in [0.15, 0.2) is 42.5 Å². The zero-order valence-corrected chi connectivity index (χ0v) is 17.8. The van der Waals surface area contributed by atoms with Gasteiger partial charge in [0.2, 0.25) is 0 Å². The lowest BCUT2D eigenvalue weighted by Gasteiger charge is -2.23. The minimum Gasteiger partial charge on any atom is -0.508 e. The van der Waals surface area contributed by atoms with E-state index >= 15 is 0 Å². The van der Waals surface area contributed by atoms with E-state index in [0.717, 1.165) is 5.56 Å². The van der Waals surface area contributed by atoms with Gasteiger partial charge in [0, 0.05) is 16.5 Å². The van der Waals surface area contributed by atoms with Crippen LogP contribution in [0.1, 0.15) is 26.3 Å². The Hall–Kier alpha value is -2.64. The summed E-state index contributed by atoms with van der Waals surface area (Å²) in [6.45, 7) is 5.18. The number of halogens is 2. The molecule has 2 amide bonds. The highest BCUT2D eigenvalue weighted by molar-refractivity contribution is 6.35. The molecule has 9 heteroatoms. The Morgan fingerprint density at radius 2 is 1.66 bits per heavy atom. The molecule has 0 saturated carbocycles. The molecule has 4 N–H and O–H groups in total. The average Bonchev–Trinajstić information content (AvgIpc) is 2.58. The summed E-state index contributed by atoms with van der Waals surface area (Å²) >= 11 is 11.9. The van der Waals surface area contributed by atoms with E-state index in [0.29, 0.717) is 15.7 Å². The Labute approximate surface area is 179 Å². The second-order valence-corrected chi connectivity index (χ2v) is 8.21. The van der Waals surface area contributed by atoms with Crippen molar-refractivity contribution in [3.63, 3.8) is 0 Å². The lowest BCUT2D eigenvalue weighted by Crippen LogP contribution is -2.50. The number of ether oxygens (including phenoxy) is 1. The number of phenols is 1. The van der Waals surface area contributed by atoms with E-state index in [2.05, 4.69) is 16.2 Å². The van der Waals surface area contributed by atoms with E-state index in [-0.39, 0.29) is 12.2 Å². The lowest BCUT2D eigenvalue weighted by molar-refractivity contribution is -0.122. The maximum atomic E-state index is 12.7. The number of amides is 2. The number of benzene rings is 2. The number of hydrogen-bond acceptors (Lipinski definition) is 5. The van der Waals surface area contributed by atoms with Gasteiger partial charge in [-0.25, -0.2) is 4.79 Å². The first-order valence-corrected chi connectivity index (χ1v) is 9.57. The maximum Gasteiger partial charge on any atom is 0.408 e. The number of alkyl carbamates (subject to hydrolysis) is 1. The van der Waals surface area contributed by atoms with Crippen molar-refractivity contribution >= 4 is 40.9 Å². The molecular weight excluding hydrogens is 417 g/mol. The summed E-state index contributed by atoms with van der Waals surface area (Å²) in [6, 6.07) is 10.1. The molecule has 2 aromatic carbocycles. The molecule has 1 atom stereocenters. The van der Waals surface area contributed by atoms with E-state index in [9.17, 15) is 14.7 Å². The van der Waals surface area contributed by atoms with Crippen molar-refractivity contribution in [1.29, 1.82) is 0 Å². The van der Waals surface area contributed by atoms with Gasteiger partial charge in [-0.1, -0.05) is 35.3 Å². The molecule has 0 bridgehead atoms. The zero-order valence-electron chi connectivity index (χ0n) is 16.3. The van der Waals surface area contributed by atoms with E-state index in [1.807, 2.05) is 0 Å². The van der Waals surface area contributed by atoms with Gasteiger partial charge in [0.25, 0.3) is 5.91 Å². The van der Waals surface area contributed by atoms with Gasteiger partial charge in [0.15, 0.2) is 0 Å². The van der Waals surface area contributed by atoms with Crippen molar-refractivity contribution in [2.24, 2.45) is 0 Å². The van der Waals surface area contributed by atoms with Gasteiger partial charge in [-0.3, -0.25) is 15.6 Å². The molecule has 2 rings (SSSR count). The normalized spacial score (nSPS) is 12.0. The fourth-order valence-electron chi connectivity index (χ4n) is 2.37. The summed E-state index contributed by atoms with van der Waals surface area (Å²) in [5, 5.41) is 12.8. The highest BCUT2D eigenvalue weighted by atomic mass is 35.5. The fraction of sp³-hybridized carbons (Fsp3) is 0.300. The number of hydrogen-bond donors (Lipinski definition) is 4. The van der Waals surface area contributed by atoms with Crippen molar-refractivity contribution in [1.82, 2.24) is 10.7 Å². The predicted octanol–water partition coefficient (Wildman–Crippen LogP) is 4.28. The standard InChI is InChI=1S/C20H23Cl2N3O4/c1-20(2,3)29-19(28)23-17(8-12-4-6-16(26)7-5-12)18(27)25-24-15-10-13(21)9-14(22)11-15/h4-7,9-11,17,24,26H,8H2,1-3H3,(H,23,28)(H,25,27). The molecule has 0 spiro atoms. The highest BCUT2D eigenvalue weighted by Crippen LogP contribution is 2.22. The van der Waals surface area contributed by atoms with Gasteiger partial charge in [-0.15, -0.1) is 0 Å². The molecule has 2 aromatic rings. The molecule has 156 valence electrons. The minimum absolute atomic E-state index is 0.106. The number of carbonyl (C=O) groups is 2.